The fourth-order valence-corrected chi connectivity index (χ4v) is 1.24. The van der Waals surface area contributed by atoms with Crippen molar-refractivity contribution in [3.63, 3.8) is 0 Å². The normalized spacial score (nSPS) is 9.73. The van der Waals surface area contributed by atoms with Crippen LogP contribution in [0, 0.1) is 6.92 Å². The first-order chi connectivity index (χ1) is 6.79. The van der Waals surface area contributed by atoms with Crippen LogP contribution in [0.15, 0.2) is 28.8 Å². The number of benzene rings is 1. The average Bonchev–Trinajstić information content (AvgIpc) is 2.66. The average molecular weight is 226 g/mol. The van der Waals surface area contributed by atoms with Crippen LogP contribution in [-0.2, 0) is 6.54 Å². The fraction of sp³-hybridized carbons (Fsp3) is 0.200. The van der Waals surface area contributed by atoms with E-state index >= 15 is 0 Å². The lowest BCUT2D eigenvalue weighted by Gasteiger charge is -1.94. The molecule has 0 bridgehead atoms. The van der Waals surface area contributed by atoms with E-state index in [0.717, 1.165) is 5.56 Å². The Kier molecular flexibility index (Phi) is 3.82. The molecule has 2 aromatic rings. The van der Waals surface area contributed by atoms with Crippen molar-refractivity contribution < 1.29 is 4.52 Å². The van der Waals surface area contributed by atoms with Crippen LogP contribution in [0.4, 0.5) is 0 Å². The molecule has 2 N–H and O–H groups in total. The third kappa shape index (κ3) is 2.55. The molecule has 0 saturated heterocycles. The van der Waals surface area contributed by atoms with Gasteiger partial charge in [0.05, 0.1) is 6.54 Å². The second-order valence-corrected chi connectivity index (χ2v) is 3.09. The molecule has 5 heteroatoms. The maximum Gasteiger partial charge on any atom is 0.240 e. The number of nitrogens with zero attached hydrogens (tertiary/aromatic N) is 2. The van der Waals surface area contributed by atoms with E-state index in [1.807, 2.05) is 31.2 Å². The molecule has 1 aromatic heterocycles. The molecule has 0 radical (unpaired) electrons. The Balaban J connectivity index is 0.00000112. The van der Waals surface area contributed by atoms with Gasteiger partial charge in [0.15, 0.2) is 0 Å². The first kappa shape index (κ1) is 11.7. The highest BCUT2D eigenvalue weighted by Gasteiger charge is 2.06. The fourth-order valence-electron chi connectivity index (χ4n) is 1.24. The van der Waals surface area contributed by atoms with E-state index < -0.39 is 0 Å². The molecule has 0 unspecified atom stereocenters. The maximum absolute atomic E-state index is 5.37. The van der Waals surface area contributed by atoms with Gasteiger partial charge in [-0.15, -0.1) is 12.4 Å². The molecule has 0 amide bonds. The van der Waals surface area contributed by atoms with Gasteiger partial charge in [0, 0.05) is 5.56 Å². The Labute approximate surface area is 93.9 Å². The molecule has 0 aliphatic heterocycles. The topological polar surface area (TPSA) is 64.9 Å². The summed E-state index contributed by atoms with van der Waals surface area (Å²) in [5.74, 6) is 1.05. The van der Waals surface area contributed by atoms with Gasteiger partial charge in [-0.3, -0.25) is 0 Å². The summed E-state index contributed by atoms with van der Waals surface area (Å²) in [7, 11) is 0. The first-order valence-corrected chi connectivity index (χ1v) is 4.39. The lowest BCUT2D eigenvalue weighted by molar-refractivity contribution is 0.380. The van der Waals surface area contributed by atoms with Crippen LogP contribution in [0.3, 0.4) is 0 Å². The number of hydrogen-bond donors (Lipinski definition) is 1. The summed E-state index contributed by atoms with van der Waals surface area (Å²) < 4.78 is 4.92. The highest BCUT2D eigenvalue weighted by molar-refractivity contribution is 5.85. The van der Waals surface area contributed by atoms with Crippen LogP contribution in [0.2, 0.25) is 0 Å². The molecular formula is C10H12ClN3O. The minimum Gasteiger partial charge on any atom is -0.338 e. The van der Waals surface area contributed by atoms with E-state index in [4.69, 9.17) is 10.3 Å². The zero-order valence-electron chi connectivity index (χ0n) is 8.30. The molecule has 80 valence electrons. The van der Waals surface area contributed by atoms with E-state index in [9.17, 15) is 0 Å². The molecule has 1 heterocycles. The number of nitrogens with two attached hydrogens (primary N) is 1. The van der Waals surface area contributed by atoms with Crippen molar-refractivity contribution in [1.82, 2.24) is 10.1 Å². The first-order valence-electron chi connectivity index (χ1n) is 4.39. The van der Waals surface area contributed by atoms with Crippen molar-refractivity contribution in [2.24, 2.45) is 5.73 Å². The van der Waals surface area contributed by atoms with Crippen LogP contribution >= 0.6 is 12.4 Å². The summed E-state index contributed by atoms with van der Waals surface area (Å²) in [6.07, 6.45) is 0. The van der Waals surface area contributed by atoms with Gasteiger partial charge in [-0.2, -0.15) is 4.98 Å². The van der Waals surface area contributed by atoms with Crippen LogP contribution in [0.1, 0.15) is 11.5 Å². The standard InChI is InChI=1S/C10H11N3O.ClH/c1-7-3-2-4-8(5-7)10-12-9(6-11)14-13-10;/h2-5H,6,11H2,1H3;1H. The molecule has 2 rings (SSSR count). The number of aryl methyl sites for hydroxylation is 1. The SMILES string of the molecule is Cc1cccc(-c2noc(CN)n2)c1.Cl. The number of hydrogen-bond acceptors (Lipinski definition) is 4. The molecular weight excluding hydrogens is 214 g/mol. The minimum absolute atomic E-state index is 0. The van der Waals surface area contributed by atoms with Gasteiger partial charge in [-0.05, 0) is 13.0 Å². The van der Waals surface area contributed by atoms with E-state index in [2.05, 4.69) is 10.1 Å². The lowest BCUT2D eigenvalue weighted by Crippen LogP contribution is -1.95. The zero-order chi connectivity index (χ0) is 9.97. The zero-order valence-corrected chi connectivity index (χ0v) is 9.12. The molecule has 15 heavy (non-hydrogen) atoms. The summed E-state index contributed by atoms with van der Waals surface area (Å²) >= 11 is 0. The van der Waals surface area contributed by atoms with Crippen LogP contribution in [-0.4, -0.2) is 10.1 Å². The van der Waals surface area contributed by atoms with Gasteiger partial charge < -0.3 is 10.3 Å². The quantitative estimate of drug-likeness (QED) is 0.848. The lowest BCUT2D eigenvalue weighted by atomic mass is 10.1. The van der Waals surface area contributed by atoms with Crippen molar-refractivity contribution in [1.29, 1.82) is 0 Å². The summed E-state index contributed by atoms with van der Waals surface area (Å²) in [5.41, 5.74) is 7.50. The third-order valence-corrected chi connectivity index (χ3v) is 1.92. The monoisotopic (exact) mass is 225 g/mol. The number of halogens is 1. The van der Waals surface area contributed by atoms with Gasteiger partial charge in [0.1, 0.15) is 0 Å². The Bertz CT molecular complexity index is 442. The Hall–Kier alpha value is -1.39. The van der Waals surface area contributed by atoms with Crippen molar-refractivity contribution in [2.45, 2.75) is 13.5 Å². The largest absolute Gasteiger partial charge is 0.338 e. The van der Waals surface area contributed by atoms with Crippen LogP contribution in [0.25, 0.3) is 11.4 Å². The molecule has 0 spiro atoms. The Morgan fingerprint density at radius 1 is 1.40 bits per heavy atom. The van der Waals surface area contributed by atoms with E-state index in [1.54, 1.807) is 0 Å². The molecule has 0 aliphatic carbocycles. The highest BCUT2D eigenvalue weighted by Crippen LogP contribution is 2.16. The van der Waals surface area contributed by atoms with Gasteiger partial charge in [0.25, 0.3) is 0 Å². The van der Waals surface area contributed by atoms with Gasteiger partial charge in [-0.25, -0.2) is 0 Å². The molecule has 0 aliphatic rings. The van der Waals surface area contributed by atoms with Gasteiger partial charge in [0.2, 0.25) is 11.7 Å². The third-order valence-electron chi connectivity index (χ3n) is 1.92. The van der Waals surface area contributed by atoms with E-state index in [1.165, 1.54) is 5.56 Å². The molecule has 0 atom stereocenters. The Morgan fingerprint density at radius 3 is 2.80 bits per heavy atom. The van der Waals surface area contributed by atoms with E-state index in [-0.39, 0.29) is 19.0 Å². The second-order valence-electron chi connectivity index (χ2n) is 3.09. The number of aromatic nitrogens is 2. The van der Waals surface area contributed by atoms with E-state index in [0.29, 0.717) is 11.7 Å². The summed E-state index contributed by atoms with van der Waals surface area (Å²) in [6.45, 7) is 2.30. The molecule has 0 fully saturated rings. The number of rotatable bonds is 2. The molecule has 1 aromatic carbocycles. The molecule has 0 saturated carbocycles. The van der Waals surface area contributed by atoms with Crippen molar-refractivity contribution >= 4 is 12.4 Å². The highest BCUT2D eigenvalue weighted by atomic mass is 35.5. The predicted octanol–water partition coefficient (Wildman–Crippen LogP) is 1.93. The van der Waals surface area contributed by atoms with Crippen molar-refractivity contribution in [3.05, 3.63) is 35.7 Å². The minimum atomic E-state index is 0. The van der Waals surface area contributed by atoms with Crippen LogP contribution < -0.4 is 5.73 Å². The summed E-state index contributed by atoms with van der Waals surface area (Å²) in [6, 6.07) is 7.93. The summed E-state index contributed by atoms with van der Waals surface area (Å²) in [4.78, 5) is 4.14. The van der Waals surface area contributed by atoms with Crippen molar-refractivity contribution in [2.75, 3.05) is 0 Å². The predicted molar refractivity (Wildman–Crippen MR) is 59.6 cm³/mol. The maximum atomic E-state index is 5.37. The summed E-state index contributed by atoms with van der Waals surface area (Å²) in [5, 5.41) is 3.83. The molecule has 4 nitrogen and oxygen atoms in total. The van der Waals surface area contributed by atoms with Gasteiger partial charge >= 0.3 is 0 Å². The smallest absolute Gasteiger partial charge is 0.240 e. The van der Waals surface area contributed by atoms with Crippen molar-refractivity contribution in [3.8, 4) is 11.4 Å². The second kappa shape index (κ2) is 4.91. The van der Waals surface area contributed by atoms with Crippen LogP contribution in [0.5, 0.6) is 0 Å². The van der Waals surface area contributed by atoms with Gasteiger partial charge in [-0.1, -0.05) is 28.9 Å². The Morgan fingerprint density at radius 2 is 2.20 bits per heavy atom.